The number of hydrogen-bond donors (Lipinski definition) is 2. The summed E-state index contributed by atoms with van der Waals surface area (Å²) in [6, 6.07) is 2.39. The number of aliphatic hydroxyl groups is 1. The fraction of sp³-hybridized carbons (Fsp3) is 0.267. The molecular formula is C15H12ClF3N2O2S. The molecule has 2 aromatic rings. The first-order valence-electron chi connectivity index (χ1n) is 6.66. The Kier molecular flexibility index (Phi) is 5.94. The fourth-order valence-corrected chi connectivity index (χ4v) is 3.08. The largest absolute Gasteiger partial charge is 0.369 e. The van der Waals surface area contributed by atoms with Crippen LogP contribution in [0.3, 0.4) is 0 Å². The van der Waals surface area contributed by atoms with Crippen molar-refractivity contribution in [3.63, 3.8) is 0 Å². The van der Waals surface area contributed by atoms with Gasteiger partial charge in [-0.3, -0.25) is 4.79 Å². The molecule has 0 saturated heterocycles. The molecule has 0 aromatic carbocycles. The van der Waals surface area contributed by atoms with E-state index in [0.717, 1.165) is 23.6 Å². The van der Waals surface area contributed by atoms with Crippen molar-refractivity contribution in [2.45, 2.75) is 26.1 Å². The topological polar surface area (TPSA) is 54.3 Å². The summed E-state index contributed by atoms with van der Waals surface area (Å²) in [6.45, 7) is 0.694. The van der Waals surface area contributed by atoms with Crippen LogP contribution in [0.25, 0.3) is 0 Å². The van der Waals surface area contributed by atoms with Gasteiger partial charge in [-0.1, -0.05) is 17.5 Å². The van der Waals surface area contributed by atoms with Gasteiger partial charge in [0, 0.05) is 12.3 Å². The number of hydrogen-bond acceptors (Lipinski definition) is 4. The number of pyridine rings is 1. The third-order valence-corrected chi connectivity index (χ3v) is 4.33. The number of thiophene rings is 1. The van der Waals surface area contributed by atoms with Crippen molar-refractivity contribution in [2.75, 3.05) is 5.32 Å². The number of alkyl halides is 2. The zero-order valence-electron chi connectivity index (χ0n) is 12.3. The molecule has 1 atom stereocenters. The highest BCUT2D eigenvalue weighted by molar-refractivity contribution is 7.16. The molecule has 0 bridgehead atoms. The van der Waals surface area contributed by atoms with E-state index in [4.69, 9.17) is 11.6 Å². The van der Waals surface area contributed by atoms with E-state index in [1.165, 1.54) is 0 Å². The second-order valence-corrected chi connectivity index (χ2v) is 6.37. The molecule has 2 rings (SSSR count). The van der Waals surface area contributed by atoms with Gasteiger partial charge in [0.1, 0.15) is 4.34 Å². The minimum Gasteiger partial charge on any atom is -0.369 e. The molecule has 0 spiro atoms. The van der Waals surface area contributed by atoms with E-state index in [1.54, 1.807) is 13.0 Å². The maximum absolute atomic E-state index is 13.6. The summed E-state index contributed by atoms with van der Waals surface area (Å²) < 4.78 is 39.4. The van der Waals surface area contributed by atoms with Crippen LogP contribution in [0.4, 0.5) is 18.9 Å². The van der Waals surface area contributed by atoms with Crippen molar-refractivity contribution in [2.24, 2.45) is 0 Å². The number of aliphatic hydroxyl groups excluding tert-OH is 1. The first-order chi connectivity index (χ1) is 11.3. The number of aromatic nitrogens is 1. The Morgan fingerprint density at radius 2 is 2.17 bits per heavy atom. The van der Waals surface area contributed by atoms with Gasteiger partial charge in [0.05, 0.1) is 22.7 Å². The Balaban J connectivity index is 2.26. The van der Waals surface area contributed by atoms with Crippen molar-refractivity contribution >= 4 is 28.6 Å². The van der Waals surface area contributed by atoms with E-state index in [1.807, 2.05) is 0 Å². The Bertz CT molecular complexity index is 855. The maximum Gasteiger partial charge on any atom is 0.286 e. The lowest BCUT2D eigenvalue weighted by Crippen LogP contribution is -2.26. The lowest BCUT2D eigenvalue weighted by atomic mass is 10.3. The molecule has 24 heavy (non-hydrogen) atoms. The smallest absolute Gasteiger partial charge is 0.286 e. The van der Waals surface area contributed by atoms with Crippen molar-refractivity contribution in [1.82, 2.24) is 4.57 Å². The van der Waals surface area contributed by atoms with Crippen molar-refractivity contribution in [3.05, 3.63) is 49.3 Å². The quantitative estimate of drug-likeness (QED) is 0.621. The summed E-state index contributed by atoms with van der Waals surface area (Å²) in [7, 11) is 0. The molecule has 0 fully saturated rings. The monoisotopic (exact) mass is 376 g/mol. The van der Waals surface area contributed by atoms with Crippen molar-refractivity contribution < 1.29 is 18.3 Å². The van der Waals surface area contributed by atoms with Crippen LogP contribution in [0.15, 0.2) is 23.1 Å². The molecule has 0 aliphatic carbocycles. The minimum absolute atomic E-state index is 0.0205. The third kappa shape index (κ3) is 4.32. The van der Waals surface area contributed by atoms with Crippen molar-refractivity contribution in [3.8, 4) is 11.8 Å². The molecule has 9 heteroatoms. The molecule has 0 amide bonds. The molecule has 2 heterocycles. The molecule has 4 nitrogen and oxygen atoms in total. The summed E-state index contributed by atoms with van der Waals surface area (Å²) >= 11 is 7.06. The first-order valence-corrected chi connectivity index (χ1v) is 7.86. The average Bonchev–Trinajstić information content (AvgIpc) is 2.85. The lowest BCUT2D eigenvalue weighted by Gasteiger charge is -2.14. The fourth-order valence-electron chi connectivity index (χ4n) is 1.93. The van der Waals surface area contributed by atoms with Crippen LogP contribution in [0.2, 0.25) is 4.34 Å². The van der Waals surface area contributed by atoms with Gasteiger partial charge in [0.25, 0.3) is 12.0 Å². The molecule has 128 valence electrons. The van der Waals surface area contributed by atoms with Crippen LogP contribution in [-0.2, 0) is 6.54 Å². The van der Waals surface area contributed by atoms with Gasteiger partial charge in [-0.05, 0) is 13.0 Å². The maximum atomic E-state index is 13.6. The Labute approximate surface area is 144 Å². The van der Waals surface area contributed by atoms with Crippen molar-refractivity contribution in [1.29, 1.82) is 0 Å². The van der Waals surface area contributed by atoms with E-state index < -0.39 is 30.6 Å². The Morgan fingerprint density at radius 1 is 1.46 bits per heavy atom. The van der Waals surface area contributed by atoms with Crippen LogP contribution in [0.1, 0.15) is 23.6 Å². The molecule has 1 unspecified atom stereocenters. The molecule has 0 aliphatic heterocycles. The van der Waals surface area contributed by atoms with Crippen LogP contribution in [0, 0.1) is 17.7 Å². The normalized spacial score (nSPS) is 12.0. The van der Waals surface area contributed by atoms with Gasteiger partial charge < -0.3 is 15.0 Å². The van der Waals surface area contributed by atoms with Crippen LogP contribution < -0.4 is 10.9 Å². The highest BCUT2D eigenvalue weighted by Gasteiger charge is 2.16. The predicted octanol–water partition coefficient (Wildman–Crippen LogP) is 3.44. The average molecular weight is 377 g/mol. The number of anilines is 1. The highest BCUT2D eigenvalue weighted by Crippen LogP contribution is 2.31. The standard InChI is InChI=1S/C15H12ClF3N2O2S/c1-2-3-8-4-11(24-13(8)16)14(22)20-9-5-10(17)15(23)21(6-9)7-12(18)19/h4-6,12,14,20,22H,7H2,1H3. The Hall–Kier alpha value is -1.95. The van der Waals surface area contributed by atoms with Gasteiger partial charge in [0.15, 0.2) is 12.0 Å². The molecule has 0 aliphatic rings. The molecule has 2 aromatic heterocycles. The summed E-state index contributed by atoms with van der Waals surface area (Å²) in [5, 5.41) is 12.7. The second kappa shape index (κ2) is 7.75. The number of rotatable bonds is 5. The molecular weight excluding hydrogens is 365 g/mol. The van der Waals surface area contributed by atoms with Gasteiger partial charge in [0.2, 0.25) is 0 Å². The van der Waals surface area contributed by atoms with Crippen LogP contribution in [-0.4, -0.2) is 16.1 Å². The third-order valence-electron chi connectivity index (χ3n) is 2.92. The van der Waals surface area contributed by atoms with Gasteiger partial charge in [-0.15, -0.1) is 17.3 Å². The van der Waals surface area contributed by atoms with E-state index in [0.29, 0.717) is 19.3 Å². The molecule has 0 radical (unpaired) electrons. The van der Waals surface area contributed by atoms with Gasteiger partial charge in [-0.2, -0.15) is 0 Å². The van der Waals surface area contributed by atoms with E-state index in [9.17, 15) is 23.1 Å². The Morgan fingerprint density at radius 3 is 2.79 bits per heavy atom. The lowest BCUT2D eigenvalue weighted by molar-refractivity contribution is 0.125. The number of nitrogens with zero attached hydrogens (tertiary/aromatic N) is 1. The summed E-state index contributed by atoms with van der Waals surface area (Å²) in [5.74, 6) is 4.24. The zero-order valence-corrected chi connectivity index (χ0v) is 13.9. The molecule has 0 saturated carbocycles. The first kappa shape index (κ1) is 18.4. The number of nitrogens with one attached hydrogen (secondary N) is 1. The minimum atomic E-state index is -2.81. The summed E-state index contributed by atoms with van der Waals surface area (Å²) in [6.07, 6.45) is -3.06. The van der Waals surface area contributed by atoms with Crippen LogP contribution >= 0.6 is 22.9 Å². The van der Waals surface area contributed by atoms with Crippen LogP contribution in [0.5, 0.6) is 0 Å². The van der Waals surface area contributed by atoms with E-state index in [-0.39, 0.29) is 5.69 Å². The summed E-state index contributed by atoms with van der Waals surface area (Å²) in [5.41, 5.74) is -0.642. The van der Waals surface area contributed by atoms with Gasteiger partial charge in [-0.25, -0.2) is 13.2 Å². The van der Waals surface area contributed by atoms with Gasteiger partial charge >= 0.3 is 0 Å². The SMILES string of the molecule is CC#Cc1cc(C(O)Nc2cc(F)c(=O)n(CC(F)F)c2)sc1Cl. The predicted molar refractivity (Wildman–Crippen MR) is 87.1 cm³/mol. The zero-order chi connectivity index (χ0) is 17.9. The molecule has 2 N–H and O–H groups in total. The van der Waals surface area contributed by atoms with E-state index in [2.05, 4.69) is 17.2 Å². The number of halogens is 4. The van der Waals surface area contributed by atoms with E-state index >= 15 is 0 Å². The highest BCUT2D eigenvalue weighted by atomic mass is 35.5. The second-order valence-electron chi connectivity index (χ2n) is 4.68. The summed E-state index contributed by atoms with van der Waals surface area (Å²) in [4.78, 5) is 11.9.